The molecule has 1 N–H and O–H groups in total. The minimum Gasteiger partial charge on any atom is -0.337 e. The Balaban J connectivity index is 1.82. The number of aryl methyl sites for hydroxylation is 1. The predicted molar refractivity (Wildman–Crippen MR) is 104 cm³/mol. The first-order valence-electron chi connectivity index (χ1n) is 8.78. The molecule has 1 fully saturated rings. The molecule has 1 saturated heterocycles. The summed E-state index contributed by atoms with van der Waals surface area (Å²) in [6.45, 7) is 8.03. The van der Waals surface area contributed by atoms with Gasteiger partial charge in [-0.15, -0.1) is 11.3 Å². The molecule has 0 saturated carbocycles. The number of nitrogens with zero attached hydrogens (tertiary/aromatic N) is 1. The van der Waals surface area contributed by atoms with Crippen LogP contribution in [0, 0.1) is 18.8 Å². The number of thiophene rings is 1. The van der Waals surface area contributed by atoms with Crippen molar-refractivity contribution in [2.75, 3.05) is 13.1 Å². The van der Waals surface area contributed by atoms with Crippen LogP contribution in [-0.4, -0.2) is 28.9 Å². The first-order chi connectivity index (χ1) is 11.9. The number of H-pyrrole nitrogens is 1. The monoisotopic (exact) mass is 354 g/mol. The van der Waals surface area contributed by atoms with Crippen LogP contribution in [-0.2, 0) is 0 Å². The maximum atomic E-state index is 13.0. The number of hydrogen-bond acceptors (Lipinski definition) is 3. The molecule has 5 heteroatoms. The molecule has 1 aromatic carbocycles. The van der Waals surface area contributed by atoms with E-state index in [4.69, 9.17) is 0 Å². The average molecular weight is 354 g/mol. The Morgan fingerprint density at radius 2 is 1.88 bits per heavy atom. The molecule has 1 aliphatic heterocycles. The van der Waals surface area contributed by atoms with Crippen molar-refractivity contribution >= 4 is 38.2 Å². The zero-order valence-corrected chi connectivity index (χ0v) is 15.6. The molecule has 3 heterocycles. The number of aromatic amines is 1. The lowest BCUT2D eigenvalue weighted by Crippen LogP contribution is -2.42. The minimum absolute atomic E-state index is 0.0554. The van der Waals surface area contributed by atoms with Gasteiger partial charge in [0.1, 0.15) is 0 Å². The molecule has 3 aromatic rings. The SMILES string of the molecule is Cc1ccc2[nH]c(=O)c3cc(C(=O)N4C[C@H](C)C[C@@H](C)C4)sc3c2c1. The molecule has 0 bridgehead atoms. The van der Waals surface area contributed by atoms with Gasteiger partial charge >= 0.3 is 0 Å². The van der Waals surface area contributed by atoms with E-state index in [0.29, 0.717) is 22.1 Å². The van der Waals surface area contributed by atoms with E-state index in [2.05, 4.69) is 24.9 Å². The molecule has 0 radical (unpaired) electrons. The lowest BCUT2D eigenvalue weighted by molar-refractivity contribution is 0.0628. The zero-order valence-electron chi connectivity index (χ0n) is 14.8. The van der Waals surface area contributed by atoms with Gasteiger partial charge in [0, 0.05) is 28.7 Å². The Labute approximate surface area is 150 Å². The lowest BCUT2D eigenvalue weighted by Gasteiger charge is -2.34. The Morgan fingerprint density at radius 3 is 2.60 bits per heavy atom. The summed E-state index contributed by atoms with van der Waals surface area (Å²) < 4.78 is 0.906. The third-order valence-electron chi connectivity index (χ3n) is 5.01. The molecule has 1 amide bonds. The number of piperidine rings is 1. The van der Waals surface area contributed by atoms with E-state index >= 15 is 0 Å². The van der Waals surface area contributed by atoms with E-state index in [1.54, 1.807) is 6.07 Å². The van der Waals surface area contributed by atoms with E-state index in [1.807, 2.05) is 24.0 Å². The number of hydrogen-bond donors (Lipinski definition) is 1. The molecule has 4 rings (SSSR count). The van der Waals surface area contributed by atoms with Crippen molar-refractivity contribution in [3.8, 4) is 0 Å². The Morgan fingerprint density at radius 1 is 1.16 bits per heavy atom. The van der Waals surface area contributed by atoms with Gasteiger partial charge < -0.3 is 9.88 Å². The first-order valence-corrected chi connectivity index (χ1v) is 9.59. The fraction of sp³-hybridized carbons (Fsp3) is 0.400. The Hall–Kier alpha value is -2.14. The molecule has 1 aliphatic rings. The average Bonchev–Trinajstić information content (AvgIpc) is 3.00. The summed E-state index contributed by atoms with van der Waals surface area (Å²) in [5.74, 6) is 1.10. The second kappa shape index (κ2) is 5.99. The highest BCUT2D eigenvalue weighted by Crippen LogP contribution is 2.32. The van der Waals surface area contributed by atoms with Crippen molar-refractivity contribution in [3.05, 3.63) is 45.1 Å². The summed E-state index contributed by atoms with van der Waals surface area (Å²) in [5.41, 5.74) is 1.84. The predicted octanol–water partition coefficient (Wildman–Crippen LogP) is 4.17. The van der Waals surface area contributed by atoms with Gasteiger partial charge in [-0.25, -0.2) is 0 Å². The molecular weight excluding hydrogens is 332 g/mol. The number of fused-ring (bicyclic) bond motifs is 3. The van der Waals surface area contributed by atoms with Gasteiger partial charge in [-0.05, 0) is 43.4 Å². The maximum absolute atomic E-state index is 13.0. The van der Waals surface area contributed by atoms with Crippen molar-refractivity contribution in [3.63, 3.8) is 0 Å². The standard InChI is InChI=1S/C20H22N2O2S/c1-11-4-5-16-14(7-11)18-15(19(23)21-16)8-17(25-18)20(24)22-9-12(2)6-13(3)10-22/h4-5,7-8,12-13H,6,9-10H2,1-3H3,(H,21,23)/t12-,13-/m1/s1. The van der Waals surface area contributed by atoms with E-state index in [0.717, 1.165) is 34.3 Å². The molecule has 4 nitrogen and oxygen atoms in total. The van der Waals surface area contributed by atoms with Crippen LogP contribution in [0.15, 0.2) is 29.1 Å². The first kappa shape index (κ1) is 16.3. The van der Waals surface area contributed by atoms with Crippen molar-refractivity contribution < 1.29 is 4.79 Å². The Bertz CT molecular complexity index is 1020. The van der Waals surface area contributed by atoms with Crippen LogP contribution in [0.5, 0.6) is 0 Å². The molecule has 2 aromatic heterocycles. The maximum Gasteiger partial charge on any atom is 0.263 e. The molecule has 0 aliphatic carbocycles. The summed E-state index contributed by atoms with van der Waals surface area (Å²) >= 11 is 1.44. The molecule has 0 spiro atoms. The number of carbonyl (C=O) groups excluding carboxylic acids is 1. The second-order valence-corrected chi connectivity index (χ2v) is 8.56. The van der Waals surface area contributed by atoms with Crippen LogP contribution in [0.1, 0.15) is 35.5 Å². The molecule has 25 heavy (non-hydrogen) atoms. The number of benzene rings is 1. The number of carbonyl (C=O) groups is 1. The third-order valence-corrected chi connectivity index (χ3v) is 6.17. The number of rotatable bonds is 1. The summed E-state index contributed by atoms with van der Waals surface area (Å²) in [5, 5.41) is 1.63. The van der Waals surface area contributed by atoms with Crippen molar-refractivity contribution in [2.45, 2.75) is 27.2 Å². The zero-order chi connectivity index (χ0) is 17.7. The van der Waals surface area contributed by atoms with E-state index < -0.39 is 0 Å². The number of nitrogens with one attached hydrogen (secondary N) is 1. The van der Waals surface area contributed by atoms with Crippen molar-refractivity contribution in [1.29, 1.82) is 0 Å². The van der Waals surface area contributed by atoms with Gasteiger partial charge in [0.25, 0.3) is 11.5 Å². The second-order valence-electron chi connectivity index (χ2n) is 7.51. The summed E-state index contributed by atoms with van der Waals surface area (Å²) in [7, 11) is 0. The van der Waals surface area contributed by atoms with Gasteiger partial charge in [-0.2, -0.15) is 0 Å². The number of pyridine rings is 1. The van der Waals surface area contributed by atoms with Crippen LogP contribution < -0.4 is 5.56 Å². The number of aromatic nitrogens is 1. The molecular formula is C20H22N2O2S. The van der Waals surface area contributed by atoms with Crippen LogP contribution in [0.4, 0.5) is 0 Å². The highest BCUT2D eigenvalue weighted by molar-refractivity contribution is 7.21. The molecule has 0 unspecified atom stereocenters. The van der Waals surface area contributed by atoms with Crippen LogP contribution in [0.3, 0.4) is 0 Å². The smallest absolute Gasteiger partial charge is 0.263 e. The molecule has 2 atom stereocenters. The summed E-state index contributed by atoms with van der Waals surface area (Å²) in [4.78, 5) is 31.0. The van der Waals surface area contributed by atoms with Gasteiger partial charge in [0.05, 0.1) is 10.3 Å². The number of likely N-dealkylation sites (tertiary alicyclic amines) is 1. The van der Waals surface area contributed by atoms with E-state index in [-0.39, 0.29) is 11.5 Å². The van der Waals surface area contributed by atoms with Gasteiger partial charge in [0.15, 0.2) is 0 Å². The van der Waals surface area contributed by atoms with Crippen molar-refractivity contribution in [1.82, 2.24) is 9.88 Å². The van der Waals surface area contributed by atoms with Gasteiger partial charge in [-0.3, -0.25) is 9.59 Å². The summed E-state index contributed by atoms with van der Waals surface area (Å²) in [6, 6.07) is 7.76. The number of amides is 1. The topological polar surface area (TPSA) is 53.2 Å². The largest absolute Gasteiger partial charge is 0.337 e. The van der Waals surface area contributed by atoms with Crippen LogP contribution >= 0.6 is 11.3 Å². The van der Waals surface area contributed by atoms with Gasteiger partial charge in [0.2, 0.25) is 0 Å². The van der Waals surface area contributed by atoms with E-state index in [1.165, 1.54) is 17.8 Å². The van der Waals surface area contributed by atoms with Crippen LogP contribution in [0.25, 0.3) is 21.0 Å². The minimum atomic E-state index is -0.123. The quantitative estimate of drug-likeness (QED) is 0.713. The normalized spacial score (nSPS) is 21.2. The van der Waals surface area contributed by atoms with E-state index in [9.17, 15) is 9.59 Å². The van der Waals surface area contributed by atoms with Crippen LogP contribution in [0.2, 0.25) is 0 Å². The molecule has 130 valence electrons. The third kappa shape index (κ3) is 2.86. The summed E-state index contributed by atoms with van der Waals surface area (Å²) in [6.07, 6.45) is 1.17. The van der Waals surface area contributed by atoms with Gasteiger partial charge in [-0.1, -0.05) is 25.5 Å². The highest BCUT2D eigenvalue weighted by atomic mass is 32.1. The Kier molecular flexibility index (Phi) is 3.91. The fourth-order valence-electron chi connectivity index (χ4n) is 3.99. The van der Waals surface area contributed by atoms with Crippen molar-refractivity contribution in [2.24, 2.45) is 11.8 Å². The fourth-order valence-corrected chi connectivity index (χ4v) is 5.15. The highest BCUT2D eigenvalue weighted by Gasteiger charge is 2.27. The lowest BCUT2D eigenvalue weighted by atomic mass is 9.92.